The van der Waals surface area contributed by atoms with Crippen molar-refractivity contribution in [3.8, 4) is 0 Å². The number of rotatable bonds is 1. The summed E-state index contributed by atoms with van der Waals surface area (Å²) in [5, 5.41) is 0. The Hall–Kier alpha value is 0.0200. The van der Waals surface area contributed by atoms with Gasteiger partial charge in [-0.25, -0.2) is 8.78 Å². The summed E-state index contributed by atoms with van der Waals surface area (Å²) in [6.07, 6.45) is 1.55. The normalized spacial score (nSPS) is 29.6. The van der Waals surface area contributed by atoms with Crippen LogP contribution in [-0.2, 0) is 3.42 Å². The van der Waals surface area contributed by atoms with E-state index in [4.69, 9.17) is 0 Å². The molecule has 0 bridgehead atoms. The molecule has 0 nitrogen and oxygen atoms in total. The van der Waals surface area contributed by atoms with Gasteiger partial charge in [-0.3, -0.25) is 0 Å². The molecule has 2 rings (SSSR count). The van der Waals surface area contributed by atoms with Crippen LogP contribution in [0.4, 0.5) is 8.78 Å². The highest BCUT2D eigenvalue weighted by Gasteiger charge is 2.44. The molecule has 0 aliphatic heterocycles. The first-order valence-corrected chi connectivity index (χ1v) is 6.85. The van der Waals surface area contributed by atoms with E-state index in [2.05, 4.69) is 0 Å². The summed E-state index contributed by atoms with van der Waals surface area (Å²) in [5.74, 6) is -0.407. The summed E-state index contributed by atoms with van der Waals surface area (Å²) >= 11 is 3.75. The molecule has 0 spiro atoms. The van der Waals surface area contributed by atoms with Gasteiger partial charge in [-0.05, 0) is 40.3 Å². The third-order valence-electron chi connectivity index (χ3n) is 2.51. The number of allylic oxidation sites excluding steroid dienone is 4. The molecule has 16 heavy (non-hydrogen) atoms. The van der Waals surface area contributed by atoms with Gasteiger partial charge in [0, 0.05) is 3.58 Å². The van der Waals surface area contributed by atoms with Crippen LogP contribution in [0.25, 0.3) is 0 Å². The lowest BCUT2D eigenvalue weighted by molar-refractivity contribution is 0.318. The fourth-order valence-electron chi connectivity index (χ4n) is 1.64. The zero-order valence-electron chi connectivity index (χ0n) is 8.13. The fraction of sp³-hybridized carbons (Fsp3) is 0.167. The van der Waals surface area contributed by atoms with Gasteiger partial charge in [-0.15, -0.1) is 0 Å². The molecule has 1 aromatic carbocycles. The first kappa shape index (κ1) is 12.5. The van der Waals surface area contributed by atoms with Crippen LogP contribution in [0.2, 0.25) is 0 Å². The standard InChI is InChI=1S/C12H8F2I2/c13-10-7-6-9(15)11(14)12(10,16)8-4-2-1-3-5-8/h1-7,10H. The zero-order chi connectivity index (χ0) is 11.8. The second-order valence-electron chi connectivity index (χ2n) is 3.50. The molecule has 0 aromatic heterocycles. The third kappa shape index (κ3) is 1.94. The summed E-state index contributed by atoms with van der Waals surface area (Å²) in [5.41, 5.74) is 0.652. The lowest BCUT2D eigenvalue weighted by Crippen LogP contribution is -2.32. The Kier molecular flexibility index (Phi) is 3.68. The third-order valence-corrected chi connectivity index (χ3v) is 5.04. The van der Waals surface area contributed by atoms with E-state index < -0.39 is 15.4 Å². The smallest absolute Gasteiger partial charge is 0.144 e. The number of halogens is 4. The predicted octanol–water partition coefficient (Wildman–Crippen LogP) is 4.84. The Morgan fingerprint density at radius 1 is 1.19 bits per heavy atom. The van der Waals surface area contributed by atoms with Crippen molar-refractivity contribution < 1.29 is 8.78 Å². The molecule has 0 saturated carbocycles. The van der Waals surface area contributed by atoms with Crippen LogP contribution in [0, 0.1) is 0 Å². The van der Waals surface area contributed by atoms with Crippen molar-refractivity contribution in [1.82, 2.24) is 0 Å². The summed E-state index contributed by atoms with van der Waals surface area (Å²) < 4.78 is 27.4. The van der Waals surface area contributed by atoms with Gasteiger partial charge in [0.05, 0.1) is 0 Å². The van der Waals surface area contributed by atoms with Gasteiger partial charge < -0.3 is 0 Å². The van der Waals surface area contributed by atoms with Gasteiger partial charge in [0.25, 0.3) is 0 Å². The minimum Gasteiger partial charge on any atom is -0.241 e. The second kappa shape index (κ2) is 4.72. The maximum atomic E-state index is 14.1. The minimum absolute atomic E-state index is 0.407. The van der Waals surface area contributed by atoms with E-state index in [1.807, 2.05) is 51.2 Å². The molecular weight excluding hydrogens is 436 g/mol. The minimum atomic E-state index is -1.34. The molecule has 1 aliphatic carbocycles. The van der Waals surface area contributed by atoms with Gasteiger partial charge >= 0.3 is 0 Å². The van der Waals surface area contributed by atoms with Crippen molar-refractivity contribution in [1.29, 1.82) is 0 Å². The van der Waals surface area contributed by atoms with Crippen LogP contribution >= 0.6 is 45.2 Å². The number of hydrogen-bond donors (Lipinski definition) is 0. The van der Waals surface area contributed by atoms with Gasteiger partial charge in [-0.1, -0.05) is 52.9 Å². The summed E-state index contributed by atoms with van der Waals surface area (Å²) in [7, 11) is 0. The molecule has 1 aliphatic rings. The summed E-state index contributed by atoms with van der Waals surface area (Å²) in [4.78, 5) is 0. The average Bonchev–Trinajstić information content (AvgIpc) is 2.33. The molecule has 4 heteroatoms. The molecule has 0 heterocycles. The Labute approximate surface area is 120 Å². The molecule has 0 radical (unpaired) electrons. The van der Waals surface area contributed by atoms with Crippen molar-refractivity contribution in [3.05, 3.63) is 57.5 Å². The molecule has 0 fully saturated rings. The molecule has 1 aromatic rings. The maximum absolute atomic E-state index is 14.1. The Morgan fingerprint density at radius 2 is 1.81 bits per heavy atom. The van der Waals surface area contributed by atoms with Crippen molar-refractivity contribution in [3.63, 3.8) is 0 Å². The zero-order valence-corrected chi connectivity index (χ0v) is 12.4. The predicted molar refractivity (Wildman–Crippen MR) is 78.3 cm³/mol. The van der Waals surface area contributed by atoms with Crippen molar-refractivity contribution >= 4 is 45.2 Å². The van der Waals surface area contributed by atoms with E-state index in [9.17, 15) is 8.78 Å². The van der Waals surface area contributed by atoms with Gasteiger partial charge in [-0.2, -0.15) is 0 Å². The van der Waals surface area contributed by atoms with E-state index in [1.165, 1.54) is 12.2 Å². The first-order chi connectivity index (χ1) is 7.56. The highest BCUT2D eigenvalue weighted by atomic mass is 127. The topological polar surface area (TPSA) is 0 Å². The number of alkyl halides is 2. The van der Waals surface area contributed by atoms with E-state index >= 15 is 0 Å². The largest absolute Gasteiger partial charge is 0.241 e. The van der Waals surface area contributed by atoms with Crippen LogP contribution in [0.3, 0.4) is 0 Å². The van der Waals surface area contributed by atoms with Crippen LogP contribution < -0.4 is 0 Å². The van der Waals surface area contributed by atoms with Crippen molar-refractivity contribution in [2.45, 2.75) is 9.59 Å². The van der Waals surface area contributed by atoms with E-state index in [1.54, 1.807) is 24.3 Å². The van der Waals surface area contributed by atoms with E-state index in [-0.39, 0.29) is 0 Å². The molecule has 0 amide bonds. The molecule has 2 unspecified atom stereocenters. The quantitative estimate of drug-likeness (QED) is 0.430. The van der Waals surface area contributed by atoms with Crippen molar-refractivity contribution in [2.75, 3.05) is 0 Å². The summed E-state index contributed by atoms with van der Waals surface area (Å²) in [6.45, 7) is 0. The van der Waals surface area contributed by atoms with E-state index in [0.29, 0.717) is 9.14 Å². The van der Waals surface area contributed by atoms with Gasteiger partial charge in [0.2, 0.25) is 0 Å². The summed E-state index contributed by atoms with van der Waals surface area (Å²) in [6, 6.07) is 8.92. The van der Waals surface area contributed by atoms with Crippen LogP contribution in [-0.4, -0.2) is 6.17 Å². The second-order valence-corrected chi connectivity index (χ2v) is 6.36. The molecule has 0 N–H and O–H groups in total. The lowest BCUT2D eigenvalue weighted by atomic mass is 9.90. The molecular formula is C12H8F2I2. The SMILES string of the molecule is FC1=C(I)C=CC(F)C1(I)c1ccccc1. The molecule has 84 valence electrons. The van der Waals surface area contributed by atoms with Crippen LogP contribution in [0.15, 0.2) is 51.9 Å². The number of benzene rings is 1. The Bertz CT molecular complexity index is 453. The Balaban J connectivity index is 2.57. The van der Waals surface area contributed by atoms with Crippen LogP contribution in [0.5, 0.6) is 0 Å². The van der Waals surface area contributed by atoms with Crippen molar-refractivity contribution in [2.24, 2.45) is 0 Å². The van der Waals surface area contributed by atoms with Gasteiger partial charge in [0.15, 0.2) is 0 Å². The highest BCUT2D eigenvalue weighted by Crippen LogP contribution is 2.49. The highest BCUT2D eigenvalue weighted by molar-refractivity contribution is 14.1. The number of hydrogen-bond acceptors (Lipinski definition) is 0. The fourth-order valence-corrected chi connectivity index (χ4v) is 3.64. The monoisotopic (exact) mass is 444 g/mol. The van der Waals surface area contributed by atoms with E-state index in [0.717, 1.165) is 0 Å². The average molecular weight is 444 g/mol. The van der Waals surface area contributed by atoms with Crippen LogP contribution in [0.1, 0.15) is 5.56 Å². The van der Waals surface area contributed by atoms with Gasteiger partial charge in [0.1, 0.15) is 15.4 Å². The maximum Gasteiger partial charge on any atom is 0.144 e. The lowest BCUT2D eigenvalue weighted by Gasteiger charge is -2.31. The molecule has 0 saturated heterocycles. The Morgan fingerprint density at radius 3 is 2.44 bits per heavy atom. The molecule has 2 atom stereocenters. The first-order valence-electron chi connectivity index (χ1n) is 4.69.